The van der Waals surface area contributed by atoms with Gasteiger partial charge in [0.2, 0.25) is 5.91 Å². The summed E-state index contributed by atoms with van der Waals surface area (Å²) in [5.41, 5.74) is -0.0588. The van der Waals surface area contributed by atoms with E-state index in [-0.39, 0.29) is 41.7 Å². The quantitative estimate of drug-likeness (QED) is 0.381. The van der Waals surface area contributed by atoms with Crippen molar-refractivity contribution in [2.75, 3.05) is 32.0 Å². The Morgan fingerprint density at radius 3 is 2.96 bits per heavy atom. The lowest BCUT2D eigenvalue weighted by molar-refractivity contribution is -0.124. The van der Waals surface area contributed by atoms with E-state index in [4.69, 9.17) is 10.00 Å². The van der Waals surface area contributed by atoms with Crippen molar-refractivity contribution in [1.82, 2.24) is 15.5 Å². The number of nitriles is 1. The van der Waals surface area contributed by atoms with E-state index in [1.165, 1.54) is 6.20 Å². The first-order valence-corrected chi connectivity index (χ1v) is 8.31. The summed E-state index contributed by atoms with van der Waals surface area (Å²) in [5, 5.41) is 14.2. The zero-order valence-electron chi connectivity index (χ0n) is 12.5. The second kappa shape index (κ2) is 8.55. The van der Waals surface area contributed by atoms with Gasteiger partial charge in [-0.3, -0.25) is 19.3 Å². The van der Waals surface area contributed by atoms with Gasteiger partial charge in [-0.15, -0.1) is 0 Å². The third-order valence-electron chi connectivity index (χ3n) is 3.45. The molecule has 8 nitrogen and oxygen atoms in total. The molecule has 2 saturated heterocycles. The number of imide groups is 1. The molecule has 1 unspecified atom stereocenters. The lowest BCUT2D eigenvalue weighted by atomic mass is 10.2. The first kappa shape index (κ1) is 17.3. The molecule has 9 heteroatoms. The zero-order valence-corrected chi connectivity index (χ0v) is 13.4. The molecule has 0 aromatic carbocycles. The number of carbonyl (C=O) groups is 3. The van der Waals surface area contributed by atoms with E-state index < -0.39 is 5.91 Å². The van der Waals surface area contributed by atoms with E-state index in [1.54, 1.807) is 0 Å². The fraction of sp³-hybridized carbons (Fsp3) is 0.571. The molecule has 0 bridgehead atoms. The molecule has 1 atom stereocenters. The highest BCUT2D eigenvalue weighted by Crippen LogP contribution is 2.17. The van der Waals surface area contributed by atoms with Crippen molar-refractivity contribution in [2.45, 2.75) is 18.9 Å². The fourth-order valence-corrected chi connectivity index (χ4v) is 2.96. The molecule has 23 heavy (non-hydrogen) atoms. The van der Waals surface area contributed by atoms with Crippen molar-refractivity contribution >= 4 is 28.8 Å². The van der Waals surface area contributed by atoms with Gasteiger partial charge in [-0.1, -0.05) is 11.8 Å². The van der Waals surface area contributed by atoms with Crippen LogP contribution in [0.5, 0.6) is 0 Å². The molecule has 124 valence electrons. The Balaban J connectivity index is 1.72. The fourth-order valence-electron chi connectivity index (χ4n) is 2.20. The molecule has 3 amide bonds. The SMILES string of the molecule is N#C/C(=C/NCCN1C(=O)CSC1=O)C(=O)NCC1CCCO1. The van der Waals surface area contributed by atoms with Crippen LogP contribution in [0.1, 0.15) is 12.8 Å². The topological polar surface area (TPSA) is 112 Å². The summed E-state index contributed by atoms with van der Waals surface area (Å²) in [7, 11) is 0. The van der Waals surface area contributed by atoms with Crippen molar-refractivity contribution in [3.63, 3.8) is 0 Å². The van der Waals surface area contributed by atoms with Gasteiger partial charge in [-0.2, -0.15) is 5.26 Å². The molecule has 0 aromatic heterocycles. The Labute approximate surface area is 138 Å². The summed E-state index contributed by atoms with van der Waals surface area (Å²) in [4.78, 5) is 35.8. The lowest BCUT2D eigenvalue weighted by Crippen LogP contribution is -2.35. The smallest absolute Gasteiger partial charge is 0.288 e. The highest BCUT2D eigenvalue weighted by Gasteiger charge is 2.29. The van der Waals surface area contributed by atoms with Crippen LogP contribution in [0.4, 0.5) is 4.79 Å². The number of carbonyl (C=O) groups excluding carboxylic acids is 3. The van der Waals surface area contributed by atoms with Gasteiger partial charge in [-0.25, -0.2) is 0 Å². The van der Waals surface area contributed by atoms with Crippen LogP contribution in [-0.2, 0) is 14.3 Å². The summed E-state index contributed by atoms with van der Waals surface area (Å²) >= 11 is 0.972. The first-order chi connectivity index (χ1) is 11.1. The van der Waals surface area contributed by atoms with Crippen LogP contribution in [0.15, 0.2) is 11.8 Å². The molecule has 2 rings (SSSR count). The zero-order chi connectivity index (χ0) is 16.7. The van der Waals surface area contributed by atoms with Crippen molar-refractivity contribution < 1.29 is 19.1 Å². The Hall–Kier alpha value is -2.05. The molecular weight excluding hydrogens is 320 g/mol. The molecule has 2 aliphatic heterocycles. The molecule has 2 heterocycles. The van der Waals surface area contributed by atoms with Crippen LogP contribution in [0.3, 0.4) is 0 Å². The number of thioether (sulfide) groups is 1. The van der Waals surface area contributed by atoms with Crippen LogP contribution < -0.4 is 10.6 Å². The summed E-state index contributed by atoms with van der Waals surface area (Å²) in [6.45, 7) is 1.57. The lowest BCUT2D eigenvalue weighted by Gasteiger charge is -2.12. The molecule has 0 aliphatic carbocycles. The largest absolute Gasteiger partial charge is 0.388 e. The molecule has 2 N–H and O–H groups in total. The summed E-state index contributed by atoms with van der Waals surface area (Å²) in [5.74, 6) is -0.524. The predicted molar refractivity (Wildman–Crippen MR) is 83.2 cm³/mol. The van der Waals surface area contributed by atoms with E-state index >= 15 is 0 Å². The number of hydrogen-bond donors (Lipinski definition) is 2. The van der Waals surface area contributed by atoms with Crippen molar-refractivity contribution in [1.29, 1.82) is 5.26 Å². The van der Waals surface area contributed by atoms with E-state index in [0.29, 0.717) is 13.2 Å². The average molecular weight is 338 g/mol. The Kier molecular flexibility index (Phi) is 6.43. The van der Waals surface area contributed by atoms with E-state index in [2.05, 4.69) is 10.6 Å². The normalized spacial score (nSPS) is 21.4. The molecular formula is C14H18N4O4S. The second-order valence-corrected chi connectivity index (χ2v) is 6.00. The molecule has 0 aromatic rings. The molecule has 2 aliphatic rings. The van der Waals surface area contributed by atoms with Crippen LogP contribution in [0.25, 0.3) is 0 Å². The third-order valence-corrected chi connectivity index (χ3v) is 4.30. The first-order valence-electron chi connectivity index (χ1n) is 7.32. The van der Waals surface area contributed by atoms with Gasteiger partial charge in [0.15, 0.2) is 0 Å². The van der Waals surface area contributed by atoms with E-state index in [0.717, 1.165) is 29.5 Å². The second-order valence-electron chi connectivity index (χ2n) is 5.07. The molecule has 0 spiro atoms. The van der Waals surface area contributed by atoms with Crippen molar-refractivity contribution in [2.24, 2.45) is 0 Å². The maximum absolute atomic E-state index is 11.9. The van der Waals surface area contributed by atoms with E-state index in [1.807, 2.05) is 6.07 Å². The molecule has 2 fully saturated rings. The van der Waals surface area contributed by atoms with Gasteiger partial charge in [0, 0.05) is 32.4 Å². The maximum atomic E-state index is 11.9. The predicted octanol–water partition coefficient (Wildman–Crippen LogP) is -0.0259. The van der Waals surface area contributed by atoms with Crippen LogP contribution >= 0.6 is 11.8 Å². The highest BCUT2D eigenvalue weighted by molar-refractivity contribution is 8.14. The minimum atomic E-state index is -0.473. The minimum absolute atomic E-state index is 0.0107. The van der Waals surface area contributed by atoms with Gasteiger partial charge in [-0.05, 0) is 12.8 Å². The van der Waals surface area contributed by atoms with Gasteiger partial charge in [0.05, 0.1) is 11.9 Å². The van der Waals surface area contributed by atoms with Gasteiger partial charge in [0.1, 0.15) is 11.6 Å². The number of ether oxygens (including phenoxy) is 1. The number of amides is 3. The van der Waals surface area contributed by atoms with Gasteiger partial charge < -0.3 is 15.4 Å². The van der Waals surface area contributed by atoms with Crippen LogP contribution in [0, 0.1) is 11.3 Å². The van der Waals surface area contributed by atoms with E-state index in [9.17, 15) is 14.4 Å². The Morgan fingerprint density at radius 1 is 1.52 bits per heavy atom. The Morgan fingerprint density at radius 2 is 2.35 bits per heavy atom. The summed E-state index contributed by atoms with van der Waals surface area (Å²) in [6, 6.07) is 1.82. The molecule has 0 radical (unpaired) electrons. The van der Waals surface area contributed by atoms with Gasteiger partial charge >= 0.3 is 0 Å². The maximum Gasteiger partial charge on any atom is 0.288 e. The van der Waals surface area contributed by atoms with Crippen LogP contribution in [-0.4, -0.2) is 60.1 Å². The number of nitrogens with one attached hydrogen (secondary N) is 2. The third kappa shape index (κ3) is 4.97. The number of nitrogens with zero attached hydrogens (tertiary/aromatic N) is 2. The summed E-state index contributed by atoms with van der Waals surface area (Å²) in [6.07, 6.45) is 3.19. The average Bonchev–Trinajstić information content (AvgIpc) is 3.17. The van der Waals surface area contributed by atoms with Crippen LogP contribution in [0.2, 0.25) is 0 Å². The number of rotatable bonds is 7. The summed E-state index contributed by atoms with van der Waals surface area (Å²) < 4.78 is 5.39. The monoisotopic (exact) mass is 338 g/mol. The number of hydrogen-bond acceptors (Lipinski definition) is 7. The Bertz CT molecular complexity index is 535. The van der Waals surface area contributed by atoms with Crippen molar-refractivity contribution in [3.05, 3.63) is 11.8 Å². The van der Waals surface area contributed by atoms with Gasteiger partial charge in [0.25, 0.3) is 11.1 Å². The van der Waals surface area contributed by atoms with Crippen molar-refractivity contribution in [3.8, 4) is 6.07 Å². The highest BCUT2D eigenvalue weighted by atomic mass is 32.2. The molecule has 0 saturated carbocycles. The minimum Gasteiger partial charge on any atom is -0.388 e. The standard InChI is InChI=1S/C14H18N4O4S/c15-6-10(13(20)17-8-11-2-1-5-22-11)7-16-3-4-18-12(19)9-23-14(18)21/h7,11,16H,1-5,8-9H2,(H,17,20)/b10-7-.